The van der Waals surface area contributed by atoms with Gasteiger partial charge in [0.2, 0.25) is 0 Å². The molecule has 2 aromatic rings. The van der Waals surface area contributed by atoms with Crippen LogP contribution in [0.15, 0.2) is 54.2 Å². The smallest absolute Gasteiger partial charge is 0.267 e. The topological polar surface area (TPSA) is 83.4 Å². The number of nitrogens with zero attached hydrogens (tertiary/aromatic N) is 1. The molecule has 0 saturated carbocycles. The number of anilines is 2. The highest BCUT2D eigenvalue weighted by Crippen LogP contribution is 2.29. The van der Waals surface area contributed by atoms with Gasteiger partial charge in [0.15, 0.2) is 0 Å². The van der Waals surface area contributed by atoms with Crippen molar-refractivity contribution >= 4 is 28.9 Å². The second-order valence-electron chi connectivity index (χ2n) is 4.84. The number of hydrogen-bond donors (Lipinski definition) is 2. The Morgan fingerprint density at radius 1 is 1.16 bits per heavy atom. The molecule has 1 amide bonds. The molecule has 0 saturated heterocycles. The van der Waals surface area contributed by atoms with Crippen LogP contribution in [0.2, 0.25) is 5.02 Å². The van der Waals surface area contributed by atoms with Gasteiger partial charge in [-0.05, 0) is 36.4 Å². The standard InChI is InChI=1S/C18H16ClN3O3/c1-24-15-7-8-17(25-2)16(9-15)22-18(23)12(10-20)11-21-14-5-3-13(19)4-6-14/h3-9,11,21H,1-2H3,(H,22,23)/b12-11-. The van der Waals surface area contributed by atoms with E-state index in [9.17, 15) is 10.1 Å². The summed E-state index contributed by atoms with van der Waals surface area (Å²) < 4.78 is 10.3. The number of halogens is 1. The number of carbonyl (C=O) groups is 1. The van der Waals surface area contributed by atoms with Crippen LogP contribution < -0.4 is 20.1 Å². The molecule has 0 aliphatic carbocycles. The zero-order chi connectivity index (χ0) is 18.2. The van der Waals surface area contributed by atoms with Crippen molar-refractivity contribution in [3.63, 3.8) is 0 Å². The fourth-order valence-corrected chi connectivity index (χ4v) is 2.08. The molecule has 0 fully saturated rings. The number of amides is 1. The summed E-state index contributed by atoms with van der Waals surface area (Å²) in [6, 6.07) is 13.7. The van der Waals surface area contributed by atoms with Gasteiger partial charge in [-0.2, -0.15) is 5.26 Å². The number of carbonyl (C=O) groups excluding carboxylic acids is 1. The summed E-state index contributed by atoms with van der Waals surface area (Å²) in [5.74, 6) is 0.436. The van der Waals surface area contributed by atoms with Crippen LogP contribution in [-0.4, -0.2) is 20.1 Å². The summed E-state index contributed by atoms with van der Waals surface area (Å²) in [7, 11) is 3.00. The first-order chi connectivity index (χ1) is 12.1. The fraction of sp³-hybridized carbons (Fsp3) is 0.111. The van der Waals surface area contributed by atoms with E-state index in [0.717, 1.165) is 0 Å². The molecule has 0 aliphatic rings. The van der Waals surface area contributed by atoms with Crippen molar-refractivity contribution in [3.8, 4) is 17.6 Å². The van der Waals surface area contributed by atoms with Crippen LogP contribution in [0.25, 0.3) is 0 Å². The van der Waals surface area contributed by atoms with E-state index in [2.05, 4.69) is 10.6 Å². The quantitative estimate of drug-likeness (QED) is 0.606. The van der Waals surface area contributed by atoms with E-state index in [1.807, 2.05) is 6.07 Å². The Morgan fingerprint density at radius 2 is 1.88 bits per heavy atom. The maximum Gasteiger partial charge on any atom is 0.267 e. The van der Waals surface area contributed by atoms with E-state index in [1.54, 1.807) is 42.5 Å². The molecule has 0 heterocycles. The lowest BCUT2D eigenvalue weighted by atomic mass is 10.2. The fourth-order valence-electron chi connectivity index (χ4n) is 1.95. The lowest BCUT2D eigenvalue weighted by Crippen LogP contribution is -2.15. The number of nitrogens with one attached hydrogen (secondary N) is 2. The van der Waals surface area contributed by atoms with Gasteiger partial charge in [-0.25, -0.2) is 0 Å². The van der Waals surface area contributed by atoms with E-state index in [0.29, 0.717) is 27.9 Å². The molecule has 0 atom stereocenters. The SMILES string of the molecule is COc1ccc(OC)c(NC(=O)/C(C#N)=C\Nc2ccc(Cl)cc2)c1. The first kappa shape index (κ1) is 18.2. The zero-order valence-electron chi connectivity index (χ0n) is 13.7. The average Bonchev–Trinajstić information content (AvgIpc) is 2.63. The highest BCUT2D eigenvalue weighted by atomic mass is 35.5. The average molecular weight is 358 g/mol. The van der Waals surface area contributed by atoms with Crippen LogP contribution >= 0.6 is 11.6 Å². The Kier molecular flexibility index (Phi) is 6.26. The molecule has 0 unspecified atom stereocenters. The summed E-state index contributed by atoms with van der Waals surface area (Å²) in [5.41, 5.74) is 1.00. The molecule has 2 aromatic carbocycles. The van der Waals surface area contributed by atoms with Gasteiger partial charge in [0.25, 0.3) is 5.91 Å². The predicted molar refractivity (Wildman–Crippen MR) is 96.9 cm³/mol. The van der Waals surface area contributed by atoms with Crippen molar-refractivity contribution in [3.05, 3.63) is 59.3 Å². The van der Waals surface area contributed by atoms with Gasteiger partial charge < -0.3 is 20.1 Å². The van der Waals surface area contributed by atoms with Crippen molar-refractivity contribution in [2.45, 2.75) is 0 Å². The monoisotopic (exact) mass is 357 g/mol. The summed E-state index contributed by atoms with van der Waals surface area (Å²) in [4.78, 5) is 12.3. The van der Waals surface area contributed by atoms with Crippen molar-refractivity contribution in [1.29, 1.82) is 5.26 Å². The van der Waals surface area contributed by atoms with E-state index < -0.39 is 5.91 Å². The maximum atomic E-state index is 12.3. The molecular formula is C18H16ClN3O3. The summed E-state index contributed by atoms with van der Waals surface area (Å²) >= 11 is 5.81. The number of rotatable bonds is 6. The van der Waals surface area contributed by atoms with E-state index >= 15 is 0 Å². The molecule has 0 aromatic heterocycles. The number of nitriles is 1. The Bertz CT molecular complexity index is 826. The summed E-state index contributed by atoms with van der Waals surface area (Å²) in [6.45, 7) is 0. The molecule has 0 spiro atoms. The Hall–Kier alpha value is -3.17. The zero-order valence-corrected chi connectivity index (χ0v) is 14.4. The molecule has 7 heteroatoms. The summed E-state index contributed by atoms with van der Waals surface area (Å²) in [5, 5.41) is 15.3. The number of ether oxygens (including phenoxy) is 2. The molecule has 0 radical (unpaired) electrons. The lowest BCUT2D eigenvalue weighted by molar-refractivity contribution is -0.112. The van der Waals surface area contributed by atoms with E-state index in [1.165, 1.54) is 20.4 Å². The second-order valence-corrected chi connectivity index (χ2v) is 5.28. The summed E-state index contributed by atoms with van der Waals surface area (Å²) in [6.07, 6.45) is 1.32. The van der Waals surface area contributed by atoms with Gasteiger partial charge >= 0.3 is 0 Å². The van der Waals surface area contributed by atoms with Gasteiger partial charge in [-0.3, -0.25) is 4.79 Å². The van der Waals surface area contributed by atoms with Crippen LogP contribution in [-0.2, 0) is 4.79 Å². The van der Waals surface area contributed by atoms with E-state index in [4.69, 9.17) is 21.1 Å². The Balaban J connectivity index is 2.16. The van der Waals surface area contributed by atoms with Crippen molar-refractivity contribution in [2.75, 3.05) is 24.9 Å². The van der Waals surface area contributed by atoms with Crippen LogP contribution in [0.5, 0.6) is 11.5 Å². The minimum atomic E-state index is -0.574. The third-order valence-corrected chi connectivity index (χ3v) is 3.50. The van der Waals surface area contributed by atoms with Crippen LogP contribution in [0.4, 0.5) is 11.4 Å². The maximum absolute atomic E-state index is 12.3. The molecule has 2 N–H and O–H groups in total. The number of hydrogen-bond acceptors (Lipinski definition) is 5. The van der Waals surface area contributed by atoms with Crippen LogP contribution in [0, 0.1) is 11.3 Å². The predicted octanol–water partition coefficient (Wildman–Crippen LogP) is 3.82. The van der Waals surface area contributed by atoms with Gasteiger partial charge in [0, 0.05) is 23.0 Å². The third-order valence-electron chi connectivity index (χ3n) is 3.25. The van der Waals surface area contributed by atoms with Gasteiger partial charge in [-0.1, -0.05) is 11.6 Å². The van der Waals surface area contributed by atoms with Gasteiger partial charge in [-0.15, -0.1) is 0 Å². The molecule has 2 rings (SSSR count). The third kappa shape index (κ3) is 4.90. The normalized spacial score (nSPS) is 10.6. The minimum absolute atomic E-state index is 0.0974. The van der Waals surface area contributed by atoms with Crippen molar-refractivity contribution in [1.82, 2.24) is 0 Å². The van der Waals surface area contributed by atoms with Gasteiger partial charge in [0.1, 0.15) is 23.1 Å². The second kappa shape index (κ2) is 8.62. The van der Waals surface area contributed by atoms with Crippen LogP contribution in [0.1, 0.15) is 0 Å². The largest absolute Gasteiger partial charge is 0.497 e. The highest BCUT2D eigenvalue weighted by molar-refractivity contribution is 6.30. The first-order valence-corrected chi connectivity index (χ1v) is 7.61. The van der Waals surface area contributed by atoms with Crippen molar-refractivity contribution < 1.29 is 14.3 Å². The van der Waals surface area contributed by atoms with Gasteiger partial charge in [0.05, 0.1) is 19.9 Å². The Morgan fingerprint density at radius 3 is 2.48 bits per heavy atom. The van der Waals surface area contributed by atoms with Crippen molar-refractivity contribution in [2.24, 2.45) is 0 Å². The number of methoxy groups -OCH3 is 2. The molecule has 0 bridgehead atoms. The molecule has 25 heavy (non-hydrogen) atoms. The Labute approximate surface area is 150 Å². The molecule has 6 nitrogen and oxygen atoms in total. The lowest BCUT2D eigenvalue weighted by Gasteiger charge is -2.11. The molecular weight excluding hydrogens is 342 g/mol. The number of benzene rings is 2. The van der Waals surface area contributed by atoms with Crippen LogP contribution in [0.3, 0.4) is 0 Å². The molecule has 128 valence electrons. The van der Waals surface area contributed by atoms with E-state index in [-0.39, 0.29) is 5.57 Å². The minimum Gasteiger partial charge on any atom is -0.497 e. The first-order valence-electron chi connectivity index (χ1n) is 7.23. The molecule has 0 aliphatic heterocycles. The highest BCUT2D eigenvalue weighted by Gasteiger charge is 2.13.